The highest BCUT2D eigenvalue weighted by atomic mass is 32.2. The van der Waals surface area contributed by atoms with Gasteiger partial charge in [-0.15, -0.1) is 0 Å². The third-order valence-electron chi connectivity index (χ3n) is 3.01. The lowest BCUT2D eigenvalue weighted by Crippen LogP contribution is -2.26. The van der Waals surface area contributed by atoms with Gasteiger partial charge in [-0.05, 0) is 17.7 Å². The van der Waals surface area contributed by atoms with Crippen LogP contribution in [0.4, 0.5) is 5.69 Å². The van der Waals surface area contributed by atoms with E-state index in [2.05, 4.69) is 9.97 Å². The second-order valence-corrected chi connectivity index (χ2v) is 6.56. The summed E-state index contributed by atoms with van der Waals surface area (Å²) in [5.41, 5.74) is 7.14. The molecule has 0 aliphatic rings. The van der Waals surface area contributed by atoms with Gasteiger partial charge in [-0.2, -0.15) is 4.31 Å². The normalized spacial score (nSPS) is 11.9. The fourth-order valence-corrected chi connectivity index (χ4v) is 2.87. The number of aromatic amines is 1. The monoisotopic (exact) mass is 294 g/mol. The minimum Gasteiger partial charge on any atom is -0.399 e. The number of aryl methyl sites for hydroxylation is 1. The summed E-state index contributed by atoms with van der Waals surface area (Å²) < 4.78 is 26.0. The molecule has 2 aromatic rings. The fourth-order valence-electron chi connectivity index (χ4n) is 1.79. The van der Waals surface area contributed by atoms with Crippen molar-refractivity contribution >= 4 is 15.7 Å². The van der Waals surface area contributed by atoms with Crippen molar-refractivity contribution < 1.29 is 8.42 Å². The number of nitrogens with two attached hydrogens (primary N) is 1. The van der Waals surface area contributed by atoms with Crippen molar-refractivity contribution in [2.24, 2.45) is 0 Å². The Kier molecular flexibility index (Phi) is 4.10. The number of H-pyrrole nitrogens is 1. The zero-order valence-electron chi connectivity index (χ0n) is 11.5. The van der Waals surface area contributed by atoms with Crippen LogP contribution < -0.4 is 5.73 Å². The number of hydrogen-bond acceptors (Lipinski definition) is 4. The second-order valence-electron chi connectivity index (χ2n) is 4.55. The molecule has 7 heteroatoms. The smallest absolute Gasteiger partial charge is 0.260 e. The molecule has 0 saturated heterocycles. The van der Waals surface area contributed by atoms with E-state index in [1.807, 2.05) is 19.1 Å². The Morgan fingerprint density at radius 3 is 2.50 bits per heavy atom. The first-order valence-electron chi connectivity index (χ1n) is 6.28. The molecular weight excluding hydrogens is 276 g/mol. The molecule has 0 atom stereocenters. The molecule has 0 unspecified atom stereocenters. The maximum atomic E-state index is 12.4. The number of nitrogens with one attached hydrogen (secondary N) is 1. The van der Waals surface area contributed by atoms with E-state index in [1.165, 1.54) is 17.5 Å². The molecule has 0 spiro atoms. The Bertz CT molecular complexity index is 677. The first kappa shape index (κ1) is 14.5. The summed E-state index contributed by atoms with van der Waals surface area (Å²) in [7, 11) is -2.01. The molecule has 0 aliphatic heterocycles. The number of sulfonamides is 1. The SMILES string of the molecule is CCc1ncc(S(=O)(=O)N(C)Cc2ccc(N)cc2)[nH]1. The molecular formula is C13H18N4O2S. The van der Waals surface area contributed by atoms with Crippen LogP contribution >= 0.6 is 0 Å². The van der Waals surface area contributed by atoms with E-state index in [4.69, 9.17) is 5.73 Å². The van der Waals surface area contributed by atoms with Crippen LogP contribution in [0.25, 0.3) is 0 Å². The number of aromatic nitrogens is 2. The Hall–Kier alpha value is -1.86. The quantitative estimate of drug-likeness (QED) is 0.815. The van der Waals surface area contributed by atoms with Crippen molar-refractivity contribution in [3.05, 3.63) is 41.9 Å². The van der Waals surface area contributed by atoms with Gasteiger partial charge in [-0.25, -0.2) is 13.4 Å². The van der Waals surface area contributed by atoms with Crippen molar-refractivity contribution in [3.63, 3.8) is 0 Å². The zero-order valence-corrected chi connectivity index (χ0v) is 12.3. The van der Waals surface area contributed by atoms with Crippen LogP contribution in [0.5, 0.6) is 0 Å². The van der Waals surface area contributed by atoms with Gasteiger partial charge in [0.1, 0.15) is 5.82 Å². The summed E-state index contributed by atoms with van der Waals surface area (Å²) >= 11 is 0. The molecule has 108 valence electrons. The molecule has 0 aliphatic carbocycles. The summed E-state index contributed by atoms with van der Waals surface area (Å²) in [6.45, 7) is 2.19. The van der Waals surface area contributed by atoms with Crippen LogP contribution in [0.1, 0.15) is 18.3 Å². The Labute approximate surface area is 118 Å². The Morgan fingerprint density at radius 1 is 1.30 bits per heavy atom. The molecule has 2 rings (SSSR count). The molecule has 0 fully saturated rings. The van der Waals surface area contributed by atoms with Crippen LogP contribution in [-0.4, -0.2) is 29.7 Å². The highest BCUT2D eigenvalue weighted by molar-refractivity contribution is 7.89. The summed E-state index contributed by atoms with van der Waals surface area (Å²) in [6, 6.07) is 7.12. The highest BCUT2D eigenvalue weighted by Gasteiger charge is 2.23. The molecule has 1 aromatic heterocycles. The van der Waals surface area contributed by atoms with Crippen molar-refractivity contribution in [1.29, 1.82) is 0 Å². The van der Waals surface area contributed by atoms with Gasteiger partial charge in [-0.3, -0.25) is 0 Å². The molecule has 3 N–H and O–H groups in total. The number of rotatable bonds is 5. The average molecular weight is 294 g/mol. The van der Waals surface area contributed by atoms with E-state index >= 15 is 0 Å². The van der Waals surface area contributed by atoms with E-state index in [-0.39, 0.29) is 11.6 Å². The predicted octanol–water partition coefficient (Wildman–Crippen LogP) is 1.38. The molecule has 1 heterocycles. The highest BCUT2D eigenvalue weighted by Crippen LogP contribution is 2.16. The van der Waals surface area contributed by atoms with E-state index in [9.17, 15) is 8.42 Å². The van der Waals surface area contributed by atoms with Gasteiger partial charge in [0.15, 0.2) is 5.03 Å². The van der Waals surface area contributed by atoms with E-state index in [0.29, 0.717) is 17.9 Å². The topological polar surface area (TPSA) is 92.1 Å². The minimum atomic E-state index is -3.55. The molecule has 1 aromatic carbocycles. The Morgan fingerprint density at radius 2 is 1.95 bits per heavy atom. The minimum absolute atomic E-state index is 0.118. The van der Waals surface area contributed by atoms with Crippen molar-refractivity contribution in [1.82, 2.24) is 14.3 Å². The standard InChI is InChI=1S/C13H18N4O2S/c1-3-12-15-8-13(16-12)20(18,19)17(2)9-10-4-6-11(14)7-5-10/h4-8H,3,9,14H2,1-2H3,(H,15,16). The first-order valence-corrected chi connectivity index (χ1v) is 7.72. The van der Waals surface area contributed by atoms with E-state index in [1.54, 1.807) is 12.1 Å². The molecule has 0 amide bonds. The van der Waals surface area contributed by atoms with Crippen molar-refractivity contribution in [3.8, 4) is 0 Å². The summed E-state index contributed by atoms with van der Waals surface area (Å²) in [4.78, 5) is 6.84. The summed E-state index contributed by atoms with van der Waals surface area (Å²) in [6.07, 6.45) is 2.02. The van der Waals surface area contributed by atoms with Gasteiger partial charge in [0.05, 0.1) is 6.20 Å². The molecule has 0 saturated carbocycles. The number of anilines is 1. The van der Waals surface area contributed by atoms with Crippen LogP contribution in [0.3, 0.4) is 0 Å². The number of nitrogens with zero attached hydrogens (tertiary/aromatic N) is 2. The van der Waals surface area contributed by atoms with Crippen LogP contribution in [0.2, 0.25) is 0 Å². The molecule has 0 bridgehead atoms. The van der Waals surface area contributed by atoms with Gasteiger partial charge in [0.25, 0.3) is 10.0 Å². The average Bonchev–Trinajstić information content (AvgIpc) is 2.90. The van der Waals surface area contributed by atoms with Crippen molar-refractivity contribution in [2.75, 3.05) is 12.8 Å². The van der Waals surface area contributed by atoms with Crippen LogP contribution in [0.15, 0.2) is 35.5 Å². The number of imidazole rings is 1. The van der Waals surface area contributed by atoms with Gasteiger partial charge in [0, 0.05) is 25.7 Å². The second kappa shape index (κ2) is 5.64. The first-order chi connectivity index (χ1) is 9.43. The van der Waals surface area contributed by atoms with Crippen molar-refractivity contribution in [2.45, 2.75) is 24.9 Å². The third kappa shape index (κ3) is 3.00. The zero-order chi connectivity index (χ0) is 14.8. The van der Waals surface area contributed by atoms with Gasteiger partial charge < -0.3 is 10.7 Å². The third-order valence-corrected chi connectivity index (χ3v) is 4.73. The summed E-state index contributed by atoms with van der Waals surface area (Å²) in [5.74, 6) is 0.657. The maximum Gasteiger partial charge on any atom is 0.260 e. The number of nitrogen functional groups attached to an aromatic ring is 1. The number of benzene rings is 1. The summed E-state index contributed by atoms with van der Waals surface area (Å²) in [5, 5.41) is 0.118. The molecule has 20 heavy (non-hydrogen) atoms. The van der Waals surface area contributed by atoms with Gasteiger partial charge >= 0.3 is 0 Å². The lowest BCUT2D eigenvalue weighted by atomic mass is 10.2. The van der Waals surface area contributed by atoms with E-state index in [0.717, 1.165) is 5.56 Å². The largest absolute Gasteiger partial charge is 0.399 e. The Balaban J connectivity index is 2.18. The van der Waals surface area contributed by atoms with E-state index < -0.39 is 10.0 Å². The predicted molar refractivity (Wildman–Crippen MR) is 77.5 cm³/mol. The number of hydrogen-bond donors (Lipinski definition) is 2. The molecule has 6 nitrogen and oxygen atoms in total. The van der Waals surface area contributed by atoms with Gasteiger partial charge in [0.2, 0.25) is 0 Å². The van der Waals surface area contributed by atoms with Crippen LogP contribution in [0, 0.1) is 0 Å². The van der Waals surface area contributed by atoms with Gasteiger partial charge in [-0.1, -0.05) is 19.1 Å². The maximum absolute atomic E-state index is 12.4. The fraction of sp³-hybridized carbons (Fsp3) is 0.308. The lowest BCUT2D eigenvalue weighted by Gasteiger charge is -2.16. The lowest BCUT2D eigenvalue weighted by molar-refractivity contribution is 0.464. The molecule has 0 radical (unpaired) electrons. The van der Waals surface area contributed by atoms with Crippen LogP contribution in [-0.2, 0) is 23.0 Å².